The summed E-state index contributed by atoms with van der Waals surface area (Å²) in [4.78, 5) is 8.39. The van der Waals surface area contributed by atoms with Gasteiger partial charge in [0, 0.05) is 24.4 Å². The molecule has 29 heavy (non-hydrogen) atoms. The molecule has 0 radical (unpaired) electrons. The highest BCUT2D eigenvalue weighted by molar-refractivity contribution is 5.69. The fraction of sp³-hybridized carbons (Fsp3) is 0.158. The van der Waals surface area contributed by atoms with E-state index in [1.807, 2.05) is 13.2 Å². The van der Waals surface area contributed by atoms with E-state index in [-0.39, 0.29) is 23.0 Å². The number of benzene rings is 1. The molecule has 0 atom stereocenters. The average molecular weight is 389 g/mol. The van der Waals surface area contributed by atoms with E-state index in [1.165, 1.54) is 0 Å². The summed E-state index contributed by atoms with van der Waals surface area (Å²) in [6.45, 7) is 2.21. The normalized spacial score (nSPS) is 10.8. The highest BCUT2D eigenvalue weighted by atomic mass is 19.1. The summed E-state index contributed by atoms with van der Waals surface area (Å²) in [5, 5.41) is 21.4. The molecule has 1 aromatic carbocycles. The van der Waals surface area contributed by atoms with Crippen molar-refractivity contribution < 1.29 is 4.39 Å². The van der Waals surface area contributed by atoms with E-state index in [0.717, 1.165) is 5.56 Å². The molecule has 0 saturated carbocycles. The van der Waals surface area contributed by atoms with Crippen LogP contribution in [0.15, 0.2) is 36.8 Å². The molecule has 10 heteroatoms. The van der Waals surface area contributed by atoms with Gasteiger partial charge in [0.05, 0.1) is 30.6 Å². The van der Waals surface area contributed by atoms with Crippen molar-refractivity contribution in [2.45, 2.75) is 13.5 Å². The van der Waals surface area contributed by atoms with Gasteiger partial charge in [-0.05, 0) is 18.6 Å². The van der Waals surface area contributed by atoms with Crippen molar-refractivity contribution in [3.63, 3.8) is 0 Å². The molecule has 0 amide bonds. The summed E-state index contributed by atoms with van der Waals surface area (Å²) >= 11 is 0. The van der Waals surface area contributed by atoms with E-state index in [9.17, 15) is 9.65 Å². The summed E-state index contributed by atoms with van der Waals surface area (Å²) < 4.78 is 17.9. The van der Waals surface area contributed by atoms with Crippen LogP contribution in [0.2, 0.25) is 0 Å². The molecule has 0 bridgehead atoms. The van der Waals surface area contributed by atoms with E-state index in [1.54, 1.807) is 46.9 Å². The zero-order valence-electron chi connectivity index (χ0n) is 15.7. The van der Waals surface area contributed by atoms with Crippen molar-refractivity contribution >= 4 is 5.82 Å². The number of aryl methyl sites for hydroxylation is 1. The van der Waals surface area contributed by atoms with E-state index < -0.39 is 5.82 Å². The van der Waals surface area contributed by atoms with Crippen molar-refractivity contribution in [1.29, 1.82) is 5.26 Å². The Labute approximate surface area is 165 Å². The molecule has 4 aromatic rings. The Bertz CT molecular complexity index is 1250. The maximum absolute atomic E-state index is 14.7. The number of halogens is 1. The number of nitrogens with zero attached hydrogens (tertiary/aromatic N) is 8. The second-order valence-corrected chi connectivity index (χ2v) is 6.51. The summed E-state index contributed by atoms with van der Waals surface area (Å²) in [5.74, 6) is -0.847. The average Bonchev–Trinajstić information content (AvgIpc) is 3.33. The third-order valence-corrected chi connectivity index (χ3v) is 4.46. The Balaban J connectivity index is 1.75. The minimum absolute atomic E-state index is 0.0494. The first-order chi connectivity index (χ1) is 14.0. The lowest BCUT2D eigenvalue weighted by atomic mass is 10.0. The number of hydrogen-bond donors (Lipinski definition) is 1. The fourth-order valence-corrected chi connectivity index (χ4v) is 2.98. The van der Waals surface area contributed by atoms with Gasteiger partial charge in [-0.1, -0.05) is 17.3 Å². The Kier molecular flexibility index (Phi) is 4.48. The van der Waals surface area contributed by atoms with Gasteiger partial charge in [-0.2, -0.15) is 10.4 Å². The number of hydrogen-bond acceptors (Lipinski definition) is 7. The number of anilines is 1. The molecule has 0 unspecified atom stereocenters. The van der Waals surface area contributed by atoms with E-state index in [2.05, 4.69) is 31.4 Å². The maximum Gasteiger partial charge on any atom is 0.193 e. The van der Waals surface area contributed by atoms with Gasteiger partial charge in [0.15, 0.2) is 17.5 Å². The lowest BCUT2D eigenvalue weighted by Gasteiger charge is -2.09. The van der Waals surface area contributed by atoms with Crippen LogP contribution in [0.4, 0.5) is 10.2 Å². The van der Waals surface area contributed by atoms with Gasteiger partial charge in [-0.15, -0.1) is 5.10 Å². The van der Waals surface area contributed by atoms with Crippen molar-refractivity contribution in [2.24, 2.45) is 7.05 Å². The van der Waals surface area contributed by atoms with Crippen LogP contribution in [0.5, 0.6) is 0 Å². The number of nitrogen functional groups attached to an aromatic ring is 1. The summed E-state index contributed by atoms with van der Waals surface area (Å²) in [6, 6.07) is 7.28. The molecule has 0 aliphatic heterocycles. The van der Waals surface area contributed by atoms with Crippen LogP contribution < -0.4 is 5.73 Å². The Hall–Kier alpha value is -4.13. The molecule has 0 saturated heterocycles. The first-order valence-electron chi connectivity index (χ1n) is 8.67. The Morgan fingerprint density at radius 2 is 2.07 bits per heavy atom. The van der Waals surface area contributed by atoms with Crippen LogP contribution in [0.25, 0.3) is 22.8 Å². The molecular formula is C19H16FN9. The van der Waals surface area contributed by atoms with E-state index in [4.69, 9.17) is 5.73 Å². The second kappa shape index (κ2) is 7.12. The highest BCUT2D eigenvalue weighted by Crippen LogP contribution is 2.28. The van der Waals surface area contributed by atoms with Crippen molar-refractivity contribution in [3.05, 3.63) is 59.3 Å². The molecule has 0 fully saturated rings. The monoisotopic (exact) mass is 389 g/mol. The fourth-order valence-electron chi connectivity index (χ4n) is 2.98. The van der Waals surface area contributed by atoms with E-state index in [0.29, 0.717) is 23.2 Å². The maximum atomic E-state index is 14.7. The van der Waals surface area contributed by atoms with Crippen LogP contribution in [0.1, 0.15) is 16.7 Å². The molecular weight excluding hydrogens is 373 g/mol. The van der Waals surface area contributed by atoms with Crippen molar-refractivity contribution in [3.8, 4) is 28.8 Å². The smallest absolute Gasteiger partial charge is 0.193 e. The number of rotatable bonds is 4. The molecule has 0 aliphatic rings. The summed E-state index contributed by atoms with van der Waals surface area (Å²) in [6.07, 6.45) is 5.15. The van der Waals surface area contributed by atoms with Gasteiger partial charge < -0.3 is 5.73 Å². The minimum Gasteiger partial charge on any atom is -0.381 e. The Morgan fingerprint density at radius 1 is 1.24 bits per heavy atom. The van der Waals surface area contributed by atoms with Crippen LogP contribution >= 0.6 is 0 Å². The third kappa shape index (κ3) is 3.41. The zero-order valence-corrected chi connectivity index (χ0v) is 15.7. The van der Waals surface area contributed by atoms with Gasteiger partial charge in [-0.25, -0.2) is 19.0 Å². The lowest BCUT2D eigenvalue weighted by Crippen LogP contribution is -2.04. The van der Waals surface area contributed by atoms with E-state index >= 15 is 0 Å². The molecule has 3 aromatic heterocycles. The molecule has 2 N–H and O–H groups in total. The number of nitrogens with two attached hydrogens (primary N) is 1. The van der Waals surface area contributed by atoms with Gasteiger partial charge >= 0.3 is 0 Å². The van der Waals surface area contributed by atoms with Gasteiger partial charge in [0.2, 0.25) is 0 Å². The topological polar surface area (TPSA) is 124 Å². The molecule has 0 spiro atoms. The molecule has 4 rings (SSSR count). The van der Waals surface area contributed by atoms with Gasteiger partial charge in [0.25, 0.3) is 0 Å². The number of aromatic nitrogens is 7. The van der Waals surface area contributed by atoms with Crippen LogP contribution in [0.3, 0.4) is 0 Å². The zero-order chi connectivity index (χ0) is 20.5. The van der Waals surface area contributed by atoms with Crippen molar-refractivity contribution in [1.82, 2.24) is 34.7 Å². The molecule has 144 valence electrons. The first kappa shape index (κ1) is 18.2. The predicted octanol–water partition coefficient (Wildman–Crippen LogP) is 2.09. The van der Waals surface area contributed by atoms with Crippen molar-refractivity contribution in [2.75, 3.05) is 5.73 Å². The van der Waals surface area contributed by atoms with Crippen LogP contribution in [-0.2, 0) is 13.6 Å². The molecule has 9 nitrogen and oxygen atoms in total. The largest absolute Gasteiger partial charge is 0.381 e. The standard InChI is InChI=1S/C19H16FN9/c1-11-13(6-21)4-3-5-14(11)19-24-17(16(20)18(22)25-19)15-10-29(27-26-15)9-12-7-23-28(2)8-12/h3-5,7-8,10H,9H2,1-2H3,(H2,22,24,25). The molecule has 0 aliphatic carbocycles. The summed E-state index contributed by atoms with van der Waals surface area (Å²) in [5.41, 5.74) is 8.67. The highest BCUT2D eigenvalue weighted by Gasteiger charge is 2.19. The SMILES string of the molecule is Cc1c(C#N)cccc1-c1nc(N)c(F)c(-c2cn(Cc3cnn(C)c3)nn2)n1. The quantitative estimate of drug-likeness (QED) is 0.566. The predicted molar refractivity (Wildman–Crippen MR) is 103 cm³/mol. The molecule has 3 heterocycles. The third-order valence-electron chi connectivity index (χ3n) is 4.46. The van der Waals surface area contributed by atoms with Gasteiger partial charge in [0.1, 0.15) is 11.4 Å². The minimum atomic E-state index is -0.767. The van der Waals surface area contributed by atoms with Crippen LogP contribution in [-0.4, -0.2) is 34.7 Å². The van der Waals surface area contributed by atoms with Gasteiger partial charge in [-0.3, -0.25) is 4.68 Å². The van der Waals surface area contributed by atoms with Crippen LogP contribution in [0, 0.1) is 24.1 Å². The lowest BCUT2D eigenvalue weighted by molar-refractivity contribution is 0.623. The first-order valence-corrected chi connectivity index (χ1v) is 8.67. The summed E-state index contributed by atoms with van der Waals surface area (Å²) in [7, 11) is 1.82. The second-order valence-electron chi connectivity index (χ2n) is 6.51. The number of nitriles is 1. The Morgan fingerprint density at radius 3 is 2.79 bits per heavy atom.